The zero-order chi connectivity index (χ0) is 17.8. The fraction of sp³-hybridized carbons (Fsp3) is 0.118. The summed E-state index contributed by atoms with van der Waals surface area (Å²) >= 11 is 3.01. The standard InChI is InChI=1S/C17H14F2N2O2S2/c18-11-2-1-3-12(19)16(11)21-17(23)20-8-13(22)15-5-4-14(25-15)10-6-7-24-9-10/h1-7,9,13,22H,8H2,(H2,20,21,23). The predicted molar refractivity (Wildman–Crippen MR) is 96.0 cm³/mol. The van der Waals surface area contributed by atoms with Crippen LogP contribution in [0, 0.1) is 11.6 Å². The first-order chi connectivity index (χ1) is 12.0. The van der Waals surface area contributed by atoms with Gasteiger partial charge < -0.3 is 15.7 Å². The molecule has 0 aliphatic heterocycles. The quantitative estimate of drug-likeness (QED) is 0.605. The van der Waals surface area contributed by atoms with Crippen molar-refractivity contribution in [3.63, 3.8) is 0 Å². The van der Waals surface area contributed by atoms with Crippen molar-refractivity contribution in [2.24, 2.45) is 0 Å². The first-order valence-corrected chi connectivity index (χ1v) is 9.10. The molecule has 0 saturated carbocycles. The van der Waals surface area contributed by atoms with Gasteiger partial charge in [0.05, 0.1) is 6.54 Å². The van der Waals surface area contributed by atoms with E-state index in [1.54, 1.807) is 17.4 Å². The highest BCUT2D eigenvalue weighted by Gasteiger charge is 2.15. The van der Waals surface area contributed by atoms with E-state index >= 15 is 0 Å². The van der Waals surface area contributed by atoms with Crippen molar-refractivity contribution in [1.82, 2.24) is 5.32 Å². The highest BCUT2D eigenvalue weighted by molar-refractivity contribution is 7.16. The SMILES string of the molecule is O=C(NCC(O)c1ccc(-c2ccsc2)s1)Nc1c(F)cccc1F. The second kappa shape index (κ2) is 7.73. The van der Waals surface area contributed by atoms with Crippen LogP contribution in [-0.2, 0) is 0 Å². The average Bonchev–Trinajstić information content (AvgIpc) is 3.27. The molecule has 0 aliphatic rings. The molecule has 1 unspecified atom stereocenters. The van der Waals surface area contributed by atoms with Gasteiger partial charge in [0.1, 0.15) is 23.4 Å². The molecule has 8 heteroatoms. The van der Waals surface area contributed by atoms with Crippen molar-refractivity contribution in [1.29, 1.82) is 0 Å². The van der Waals surface area contributed by atoms with Crippen LogP contribution in [-0.4, -0.2) is 17.7 Å². The highest BCUT2D eigenvalue weighted by Crippen LogP contribution is 2.32. The minimum absolute atomic E-state index is 0.0779. The lowest BCUT2D eigenvalue weighted by Crippen LogP contribution is -2.32. The summed E-state index contributed by atoms with van der Waals surface area (Å²) < 4.78 is 27.0. The van der Waals surface area contributed by atoms with E-state index in [1.807, 2.05) is 22.9 Å². The Morgan fingerprint density at radius 2 is 1.92 bits per heavy atom. The van der Waals surface area contributed by atoms with Gasteiger partial charge in [-0.1, -0.05) is 6.07 Å². The summed E-state index contributed by atoms with van der Waals surface area (Å²) in [6, 6.07) is 8.19. The Kier molecular flexibility index (Phi) is 5.42. The number of rotatable bonds is 5. The van der Waals surface area contributed by atoms with Crippen LogP contribution in [0.2, 0.25) is 0 Å². The molecule has 1 atom stereocenters. The molecule has 0 bridgehead atoms. The summed E-state index contributed by atoms with van der Waals surface area (Å²) in [5.74, 6) is -1.73. The summed E-state index contributed by atoms with van der Waals surface area (Å²) in [6.45, 7) is -0.0779. The van der Waals surface area contributed by atoms with Gasteiger partial charge in [-0.15, -0.1) is 11.3 Å². The topological polar surface area (TPSA) is 61.4 Å². The molecule has 0 fully saturated rings. The minimum atomic E-state index is -0.909. The third kappa shape index (κ3) is 4.22. The Labute approximate surface area is 150 Å². The van der Waals surface area contributed by atoms with Crippen molar-refractivity contribution in [2.45, 2.75) is 6.10 Å². The smallest absolute Gasteiger partial charge is 0.319 e. The summed E-state index contributed by atoms with van der Waals surface area (Å²) in [5.41, 5.74) is 0.555. The molecule has 3 rings (SSSR count). The highest BCUT2D eigenvalue weighted by atomic mass is 32.1. The van der Waals surface area contributed by atoms with E-state index in [1.165, 1.54) is 17.4 Å². The number of para-hydroxylation sites is 1. The van der Waals surface area contributed by atoms with Crippen LogP contribution >= 0.6 is 22.7 Å². The van der Waals surface area contributed by atoms with Crippen LogP contribution in [0.5, 0.6) is 0 Å². The Hall–Kier alpha value is -2.29. The average molecular weight is 380 g/mol. The fourth-order valence-corrected chi connectivity index (χ4v) is 3.88. The van der Waals surface area contributed by atoms with Crippen LogP contribution in [0.25, 0.3) is 10.4 Å². The van der Waals surface area contributed by atoms with Gasteiger partial charge in [0.2, 0.25) is 0 Å². The molecule has 0 aliphatic carbocycles. The van der Waals surface area contributed by atoms with Gasteiger partial charge in [0.25, 0.3) is 0 Å². The number of aliphatic hydroxyl groups excluding tert-OH is 1. The van der Waals surface area contributed by atoms with Crippen molar-refractivity contribution < 1.29 is 18.7 Å². The second-order valence-corrected chi connectivity index (χ2v) is 7.06. The summed E-state index contributed by atoms with van der Waals surface area (Å²) in [7, 11) is 0. The van der Waals surface area contributed by atoms with Gasteiger partial charge in [-0.3, -0.25) is 0 Å². The molecule has 2 heterocycles. The number of hydrogen-bond acceptors (Lipinski definition) is 4. The third-order valence-electron chi connectivity index (χ3n) is 3.42. The molecule has 3 N–H and O–H groups in total. The van der Waals surface area contributed by atoms with Crippen LogP contribution in [0.15, 0.2) is 47.2 Å². The Morgan fingerprint density at radius 1 is 1.16 bits per heavy atom. The Bertz CT molecular complexity index is 845. The molecule has 0 spiro atoms. The summed E-state index contributed by atoms with van der Waals surface area (Å²) in [4.78, 5) is 13.5. The molecule has 2 amide bonds. The molecule has 4 nitrogen and oxygen atoms in total. The van der Waals surface area contributed by atoms with Crippen molar-refractivity contribution >= 4 is 34.4 Å². The zero-order valence-electron chi connectivity index (χ0n) is 12.8. The minimum Gasteiger partial charge on any atom is -0.386 e. The number of nitrogens with one attached hydrogen (secondary N) is 2. The van der Waals surface area contributed by atoms with Gasteiger partial charge >= 0.3 is 6.03 Å². The number of carbonyl (C=O) groups is 1. The van der Waals surface area contributed by atoms with E-state index in [0.717, 1.165) is 22.6 Å². The first kappa shape index (κ1) is 17.5. The third-order valence-corrected chi connectivity index (χ3v) is 5.34. The lowest BCUT2D eigenvalue weighted by Gasteiger charge is -2.12. The molecular weight excluding hydrogens is 366 g/mol. The molecular formula is C17H14F2N2O2S2. The molecule has 1 aromatic carbocycles. The number of amides is 2. The van der Waals surface area contributed by atoms with E-state index < -0.39 is 29.5 Å². The Morgan fingerprint density at radius 3 is 2.60 bits per heavy atom. The van der Waals surface area contributed by atoms with Crippen LogP contribution < -0.4 is 10.6 Å². The van der Waals surface area contributed by atoms with E-state index in [4.69, 9.17) is 0 Å². The summed E-state index contributed by atoms with van der Waals surface area (Å²) in [5, 5.41) is 18.7. The van der Waals surface area contributed by atoms with Gasteiger partial charge in [-0.2, -0.15) is 11.3 Å². The van der Waals surface area contributed by atoms with E-state index in [-0.39, 0.29) is 6.54 Å². The molecule has 3 aromatic rings. The predicted octanol–water partition coefficient (Wildman–Crippen LogP) is 4.61. The molecule has 130 valence electrons. The molecule has 0 saturated heterocycles. The van der Waals surface area contributed by atoms with Gasteiger partial charge in [-0.05, 0) is 41.1 Å². The number of aliphatic hydroxyl groups is 1. The van der Waals surface area contributed by atoms with E-state index in [2.05, 4.69) is 10.6 Å². The number of halogens is 2. The molecule has 2 aromatic heterocycles. The van der Waals surface area contributed by atoms with Crippen LogP contribution in [0.4, 0.5) is 19.3 Å². The second-order valence-electron chi connectivity index (χ2n) is 5.16. The van der Waals surface area contributed by atoms with E-state index in [9.17, 15) is 18.7 Å². The van der Waals surface area contributed by atoms with Crippen molar-refractivity contribution in [3.8, 4) is 10.4 Å². The lowest BCUT2D eigenvalue weighted by molar-refractivity contribution is 0.178. The molecule has 25 heavy (non-hydrogen) atoms. The Balaban J connectivity index is 1.57. The van der Waals surface area contributed by atoms with Gasteiger partial charge in [0, 0.05) is 15.3 Å². The summed E-state index contributed by atoms with van der Waals surface area (Å²) in [6.07, 6.45) is -0.909. The van der Waals surface area contributed by atoms with Gasteiger partial charge in [-0.25, -0.2) is 13.6 Å². The van der Waals surface area contributed by atoms with E-state index in [0.29, 0.717) is 4.88 Å². The number of urea groups is 1. The molecule has 0 radical (unpaired) electrons. The maximum Gasteiger partial charge on any atom is 0.319 e. The lowest BCUT2D eigenvalue weighted by atomic mass is 10.2. The number of thiophene rings is 2. The zero-order valence-corrected chi connectivity index (χ0v) is 14.5. The monoisotopic (exact) mass is 380 g/mol. The number of benzene rings is 1. The van der Waals surface area contributed by atoms with Crippen molar-refractivity contribution in [3.05, 3.63) is 63.7 Å². The first-order valence-electron chi connectivity index (χ1n) is 7.34. The number of carbonyl (C=O) groups excluding carboxylic acids is 1. The largest absolute Gasteiger partial charge is 0.386 e. The number of anilines is 1. The van der Waals surface area contributed by atoms with Crippen LogP contribution in [0.1, 0.15) is 11.0 Å². The number of hydrogen-bond donors (Lipinski definition) is 3. The maximum atomic E-state index is 13.5. The maximum absolute atomic E-state index is 13.5. The fourth-order valence-electron chi connectivity index (χ4n) is 2.16. The van der Waals surface area contributed by atoms with Crippen LogP contribution in [0.3, 0.4) is 0 Å². The van der Waals surface area contributed by atoms with Gasteiger partial charge in [0.15, 0.2) is 0 Å². The normalized spacial score (nSPS) is 12.0. The van der Waals surface area contributed by atoms with Crippen molar-refractivity contribution in [2.75, 3.05) is 11.9 Å².